The molecule has 1 unspecified atom stereocenters. The van der Waals surface area contributed by atoms with Gasteiger partial charge < -0.3 is 9.63 Å². The van der Waals surface area contributed by atoms with Crippen LogP contribution < -0.4 is 0 Å². The van der Waals surface area contributed by atoms with Gasteiger partial charge in [-0.3, -0.25) is 4.90 Å². The van der Waals surface area contributed by atoms with Crippen LogP contribution in [0.4, 0.5) is 0 Å². The van der Waals surface area contributed by atoms with Crippen molar-refractivity contribution in [3.63, 3.8) is 0 Å². The van der Waals surface area contributed by atoms with Crippen molar-refractivity contribution in [2.24, 2.45) is 5.92 Å². The lowest BCUT2D eigenvalue weighted by Crippen LogP contribution is -2.48. The number of aromatic nitrogens is 2. The molecule has 3 rings (SSSR count). The number of nitrogens with zero attached hydrogens (tertiary/aromatic N) is 3. The molecular weight excluding hydrogens is 266 g/mol. The highest BCUT2D eigenvalue weighted by Crippen LogP contribution is 2.34. The first-order chi connectivity index (χ1) is 10.0. The number of aryl methyl sites for hydroxylation is 1. The van der Waals surface area contributed by atoms with Crippen LogP contribution in [0.25, 0.3) is 0 Å². The maximum atomic E-state index is 10.8. The molecule has 1 N–H and O–H groups in total. The van der Waals surface area contributed by atoms with Crippen molar-refractivity contribution < 1.29 is 9.63 Å². The van der Waals surface area contributed by atoms with Crippen LogP contribution in [0.15, 0.2) is 4.52 Å². The molecule has 2 fully saturated rings. The molecule has 5 nitrogen and oxygen atoms in total. The Bertz CT molecular complexity index is 466. The SMILES string of the molecule is Cc1noc(C2CCCN(CC3(O)CCC(C)CC3)C2)n1. The van der Waals surface area contributed by atoms with E-state index >= 15 is 0 Å². The summed E-state index contributed by atoms with van der Waals surface area (Å²) in [5, 5.41) is 14.7. The lowest BCUT2D eigenvalue weighted by Gasteiger charge is -2.41. The molecule has 118 valence electrons. The zero-order chi connectivity index (χ0) is 14.9. The highest BCUT2D eigenvalue weighted by Gasteiger charge is 2.35. The molecule has 0 spiro atoms. The number of rotatable bonds is 3. The molecule has 1 saturated carbocycles. The van der Waals surface area contributed by atoms with E-state index in [-0.39, 0.29) is 0 Å². The van der Waals surface area contributed by atoms with Gasteiger partial charge in [0.1, 0.15) is 0 Å². The van der Waals surface area contributed by atoms with Gasteiger partial charge in [-0.2, -0.15) is 4.98 Å². The maximum Gasteiger partial charge on any atom is 0.231 e. The van der Waals surface area contributed by atoms with Gasteiger partial charge in [-0.05, 0) is 57.9 Å². The number of hydrogen-bond acceptors (Lipinski definition) is 5. The second-order valence-corrected chi connectivity index (χ2v) is 7.16. The summed E-state index contributed by atoms with van der Waals surface area (Å²) in [5.74, 6) is 2.57. The molecule has 1 aliphatic carbocycles. The monoisotopic (exact) mass is 293 g/mol. The summed E-state index contributed by atoms with van der Waals surface area (Å²) in [6.07, 6.45) is 6.42. The van der Waals surface area contributed by atoms with E-state index in [1.807, 2.05) is 6.92 Å². The van der Waals surface area contributed by atoms with Crippen LogP contribution in [0, 0.1) is 12.8 Å². The van der Waals surface area contributed by atoms with Gasteiger partial charge in [0, 0.05) is 13.1 Å². The van der Waals surface area contributed by atoms with Crippen molar-refractivity contribution in [3.05, 3.63) is 11.7 Å². The van der Waals surface area contributed by atoms with E-state index in [1.54, 1.807) is 0 Å². The summed E-state index contributed by atoms with van der Waals surface area (Å²) in [6.45, 7) is 6.94. The van der Waals surface area contributed by atoms with E-state index < -0.39 is 5.60 Å². The fraction of sp³-hybridized carbons (Fsp3) is 0.875. The molecule has 1 aliphatic heterocycles. The maximum absolute atomic E-state index is 10.8. The number of aliphatic hydroxyl groups is 1. The Morgan fingerprint density at radius 3 is 2.76 bits per heavy atom. The third-order valence-corrected chi connectivity index (χ3v) is 5.12. The predicted octanol–water partition coefficient (Wildman–Crippen LogP) is 2.50. The third kappa shape index (κ3) is 3.64. The van der Waals surface area contributed by atoms with Crippen molar-refractivity contribution in [1.29, 1.82) is 0 Å². The standard InChI is InChI=1S/C16H27N3O2/c1-12-5-7-16(20,8-6-12)11-19-9-3-4-14(10-19)15-17-13(2)18-21-15/h12,14,20H,3-11H2,1-2H3. The molecule has 0 radical (unpaired) electrons. The Hall–Kier alpha value is -0.940. The molecule has 2 aliphatic rings. The minimum absolute atomic E-state index is 0.325. The van der Waals surface area contributed by atoms with Gasteiger partial charge in [0.15, 0.2) is 5.82 Å². The Kier molecular flexibility index (Phi) is 4.31. The fourth-order valence-corrected chi connectivity index (χ4v) is 3.75. The van der Waals surface area contributed by atoms with Gasteiger partial charge >= 0.3 is 0 Å². The molecule has 0 amide bonds. The van der Waals surface area contributed by atoms with Crippen LogP contribution in [0.2, 0.25) is 0 Å². The molecule has 1 atom stereocenters. The lowest BCUT2D eigenvalue weighted by atomic mass is 9.79. The first-order valence-electron chi connectivity index (χ1n) is 8.29. The van der Waals surface area contributed by atoms with Gasteiger partial charge in [0.25, 0.3) is 0 Å². The zero-order valence-electron chi connectivity index (χ0n) is 13.2. The second-order valence-electron chi connectivity index (χ2n) is 7.16. The third-order valence-electron chi connectivity index (χ3n) is 5.12. The minimum Gasteiger partial charge on any atom is -0.389 e. The van der Waals surface area contributed by atoms with Gasteiger partial charge in [0.2, 0.25) is 5.89 Å². The van der Waals surface area contributed by atoms with Crippen LogP contribution in [0.5, 0.6) is 0 Å². The molecule has 0 bridgehead atoms. The van der Waals surface area contributed by atoms with Crippen molar-refractivity contribution >= 4 is 0 Å². The van der Waals surface area contributed by atoms with E-state index in [0.717, 1.165) is 70.0 Å². The summed E-state index contributed by atoms with van der Waals surface area (Å²) in [7, 11) is 0. The first-order valence-corrected chi connectivity index (χ1v) is 8.29. The lowest BCUT2D eigenvalue weighted by molar-refractivity contribution is -0.0404. The van der Waals surface area contributed by atoms with Crippen molar-refractivity contribution in [2.45, 2.75) is 63.9 Å². The summed E-state index contributed by atoms with van der Waals surface area (Å²) < 4.78 is 5.33. The minimum atomic E-state index is -0.487. The van der Waals surface area contributed by atoms with Crippen molar-refractivity contribution in [1.82, 2.24) is 15.0 Å². The summed E-state index contributed by atoms with van der Waals surface area (Å²) >= 11 is 0. The number of piperidine rings is 1. The van der Waals surface area contributed by atoms with Crippen LogP contribution in [-0.2, 0) is 0 Å². The quantitative estimate of drug-likeness (QED) is 0.927. The van der Waals surface area contributed by atoms with Crippen molar-refractivity contribution in [3.8, 4) is 0 Å². The Morgan fingerprint density at radius 1 is 1.33 bits per heavy atom. The zero-order valence-corrected chi connectivity index (χ0v) is 13.2. The van der Waals surface area contributed by atoms with Crippen LogP contribution in [0.1, 0.15) is 63.1 Å². The first kappa shape index (κ1) is 15.0. The van der Waals surface area contributed by atoms with E-state index in [0.29, 0.717) is 11.7 Å². The van der Waals surface area contributed by atoms with E-state index in [1.165, 1.54) is 0 Å². The molecule has 1 aromatic heterocycles. The normalized spacial score (nSPS) is 35.0. The molecular formula is C16H27N3O2. The molecule has 1 saturated heterocycles. The van der Waals surface area contributed by atoms with Crippen LogP contribution >= 0.6 is 0 Å². The highest BCUT2D eigenvalue weighted by atomic mass is 16.5. The molecule has 5 heteroatoms. The largest absolute Gasteiger partial charge is 0.389 e. The number of likely N-dealkylation sites (tertiary alicyclic amines) is 1. The topological polar surface area (TPSA) is 62.4 Å². The summed E-state index contributed by atoms with van der Waals surface area (Å²) in [6, 6.07) is 0. The molecule has 2 heterocycles. The van der Waals surface area contributed by atoms with E-state index in [9.17, 15) is 5.11 Å². The van der Waals surface area contributed by atoms with E-state index in [4.69, 9.17) is 4.52 Å². The van der Waals surface area contributed by atoms with Crippen LogP contribution in [0.3, 0.4) is 0 Å². The predicted molar refractivity (Wildman–Crippen MR) is 80.0 cm³/mol. The fourth-order valence-electron chi connectivity index (χ4n) is 3.75. The van der Waals surface area contributed by atoms with Gasteiger partial charge in [-0.1, -0.05) is 12.1 Å². The number of hydrogen-bond donors (Lipinski definition) is 1. The summed E-state index contributed by atoms with van der Waals surface area (Å²) in [4.78, 5) is 6.77. The second kappa shape index (κ2) is 6.05. The van der Waals surface area contributed by atoms with Gasteiger partial charge in [0.05, 0.1) is 11.5 Å². The average molecular weight is 293 g/mol. The Morgan fingerprint density at radius 2 is 2.10 bits per heavy atom. The molecule has 0 aromatic carbocycles. The van der Waals surface area contributed by atoms with Gasteiger partial charge in [-0.15, -0.1) is 0 Å². The van der Waals surface area contributed by atoms with E-state index in [2.05, 4.69) is 22.0 Å². The molecule has 21 heavy (non-hydrogen) atoms. The average Bonchev–Trinajstić information content (AvgIpc) is 2.89. The number of β-amino-alcohol motifs (C(OH)–C–C–N with tert-alkyl or cyclic N) is 1. The highest BCUT2D eigenvalue weighted by molar-refractivity contribution is 4.98. The Labute approximate surface area is 126 Å². The smallest absolute Gasteiger partial charge is 0.231 e. The molecule has 1 aromatic rings. The van der Waals surface area contributed by atoms with Gasteiger partial charge in [-0.25, -0.2) is 0 Å². The van der Waals surface area contributed by atoms with Crippen LogP contribution in [-0.4, -0.2) is 45.4 Å². The Balaban J connectivity index is 1.58. The summed E-state index contributed by atoms with van der Waals surface area (Å²) in [5.41, 5.74) is -0.487. The van der Waals surface area contributed by atoms with Crippen molar-refractivity contribution in [2.75, 3.05) is 19.6 Å².